The summed E-state index contributed by atoms with van der Waals surface area (Å²) in [7, 11) is 0. The largest absolute Gasteiger partial charge is 0.479 e. The molecule has 2 atom stereocenters. The predicted octanol–water partition coefficient (Wildman–Crippen LogP) is 1.89. The van der Waals surface area contributed by atoms with E-state index in [-0.39, 0.29) is 18.5 Å². The van der Waals surface area contributed by atoms with Crippen LogP contribution in [0.4, 0.5) is 14.9 Å². The van der Waals surface area contributed by atoms with Gasteiger partial charge in [-0.1, -0.05) is 0 Å². The predicted molar refractivity (Wildman–Crippen MR) is 73.7 cm³/mol. The van der Waals surface area contributed by atoms with Gasteiger partial charge in [-0.2, -0.15) is 0 Å². The fourth-order valence-corrected chi connectivity index (χ4v) is 2.14. The lowest BCUT2D eigenvalue weighted by molar-refractivity contribution is -0.149. The summed E-state index contributed by atoms with van der Waals surface area (Å²) in [6.45, 7) is 1.84. The molecule has 0 spiro atoms. The maximum atomic E-state index is 13.1. The highest BCUT2D eigenvalue weighted by molar-refractivity contribution is 5.89. The zero-order valence-corrected chi connectivity index (χ0v) is 11.6. The standard InChI is InChI=1S/C14H17FN2O4/c1-8-6-9(2-4-11(8)15)17-14(20)16-7-10-3-5-12(21-10)13(18)19/h2,4,6,10,12H,3,5,7H2,1H3,(H,18,19)(H2,16,17,20). The van der Waals surface area contributed by atoms with Crippen LogP contribution in [-0.2, 0) is 9.53 Å². The average molecular weight is 296 g/mol. The van der Waals surface area contributed by atoms with Crippen molar-refractivity contribution in [2.24, 2.45) is 0 Å². The highest BCUT2D eigenvalue weighted by Crippen LogP contribution is 2.19. The molecule has 6 nitrogen and oxygen atoms in total. The fraction of sp³-hybridized carbons (Fsp3) is 0.429. The summed E-state index contributed by atoms with van der Waals surface area (Å²) in [6.07, 6.45) is -0.0562. The highest BCUT2D eigenvalue weighted by Gasteiger charge is 2.30. The lowest BCUT2D eigenvalue weighted by Crippen LogP contribution is -2.35. The lowest BCUT2D eigenvalue weighted by Gasteiger charge is -2.13. The van der Waals surface area contributed by atoms with E-state index in [4.69, 9.17) is 9.84 Å². The Morgan fingerprint density at radius 2 is 2.19 bits per heavy atom. The summed E-state index contributed by atoms with van der Waals surface area (Å²) in [5.41, 5.74) is 0.929. The summed E-state index contributed by atoms with van der Waals surface area (Å²) in [5.74, 6) is -1.32. The Morgan fingerprint density at radius 1 is 1.43 bits per heavy atom. The normalized spacial score (nSPS) is 21.0. The van der Waals surface area contributed by atoms with Gasteiger partial charge in [0.15, 0.2) is 6.10 Å². The van der Waals surface area contributed by atoms with Crippen LogP contribution < -0.4 is 10.6 Å². The van der Waals surface area contributed by atoms with Gasteiger partial charge in [-0.05, 0) is 43.5 Å². The average Bonchev–Trinajstić information content (AvgIpc) is 2.90. The van der Waals surface area contributed by atoms with Crippen molar-refractivity contribution in [3.63, 3.8) is 0 Å². The molecule has 1 fully saturated rings. The number of halogens is 1. The third-order valence-electron chi connectivity index (χ3n) is 3.29. The van der Waals surface area contributed by atoms with E-state index in [9.17, 15) is 14.0 Å². The molecule has 0 aliphatic carbocycles. The SMILES string of the molecule is Cc1cc(NC(=O)NCC2CCC(C(=O)O)O2)ccc1F. The number of aliphatic carboxylic acids is 1. The molecule has 0 saturated carbocycles. The molecular weight excluding hydrogens is 279 g/mol. The van der Waals surface area contributed by atoms with E-state index >= 15 is 0 Å². The number of aryl methyl sites for hydroxylation is 1. The number of urea groups is 1. The molecule has 1 aromatic rings. The fourth-order valence-electron chi connectivity index (χ4n) is 2.14. The minimum absolute atomic E-state index is 0.232. The molecule has 114 valence electrons. The van der Waals surface area contributed by atoms with E-state index < -0.39 is 18.1 Å². The molecule has 2 amide bonds. The number of hydrogen-bond donors (Lipinski definition) is 3. The van der Waals surface area contributed by atoms with Crippen LogP contribution in [0.3, 0.4) is 0 Å². The van der Waals surface area contributed by atoms with E-state index in [0.717, 1.165) is 0 Å². The zero-order chi connectivity index (χ0) is 15.4. The summed E-state index contributed by atoms with van der Waals surface area (Å²) in [4.78, 5) is 22.4. The first-order valence-electron chi connectivity index (χ1n) is 6.65. The summed E-state index contributed by atoms with van der Waals surface area (Å²) in [6, 6.07) is 3.83. The first-order valence-corrected chi connectivity index (χ1v) is 6.65. The van der Waals surface area contributed by atoms with Crippen LogP contribution >= 0.6 is 0 Å². The summed E-state index contributed by atoms with van der Waals surface area (Å²) < 4.78 is 18.4. The Kier molecular flexibility index (Phi) is 4.74. The minimum atomic E-state index is -0.983. The molecule has 1 aliphatic heterocycles. The maximum Gasteiger partial charge on any atom is 0.332 e. The van der Waals surface area contributed by atoms with Gasteiger partial charge < -0.3 is 20.5 Å². The number of nitrogens with one attached hydrogen (secondary N) is 2. The van der Waals surface area contributed by atoms with Crippen LogP contribution in [0, 0.1) is 12.7 Å². The Morgan fingerprint density at radius 3 is 2.81 bits per heavy atom. The Labute approximate surface area is 121 Å². The van der Waals surface area contributed by atoms with E-state index in [2.05, 4.69) is 10.6 Å². The van der Waals surface area contributed by atoms with Gasteiger partial charge in [0.05, 0.1) is 6.10 Å². The number of ether oxygens (including phenoxy) is 1. The van der Waals surface area contributed by atoms with Crippen LogP contribution in [0.2, 0.25) is 0 Å². The molecule has 0 aromatic heterocycles. The van der Waals surface area contributed by atoms with Crippen molar-refractivity contribution < 1.29 is 23.8 Å². The third kappa shape index (κ3) is 4.16. The molecule has 21 heavy (non-hydrogen) atoms. The van der Waals surface area contributed by atoms with Crippen LogP contribution in [0.1, 0.15) is 18.4 Å². The second kappa shape index (κ2) is 6.53. The maximum absolute atomic E-state index is 13.1. The van der Waals surface area contributed by atoms with Crippen LogP contribution in [0.25, 0.3) is 0 Å². The van der Waals surface area contributed by atoms with Crippen molar-refractivity contribution in [2.75, 3.05) is 11.9 Å². The number of amides is 2. The van der Waals surface area contributed by atoms with E-state index in [1.54, 1.807) is 6.92 Å². The van der Waals surface area contributed by atoms with Gasteiger partial charge in [0.1, 0.15) is 5.82 Å². The van der Waals surface area contributed by atoms with E-state index in [1.165, 1.54) is 18.2 Å². The number of carbonyl (C=O) groups excluding carboxylic acids is 1. The molecule has 3 N–H and O–H groups in total. The number of carbonyl (C=O) groups is 2. The minimum Gasteiger partial charge on any atom is -0.479 e. The van der Waals surface area contributed by atoms with E-state index in [1.807, 2.05) is 0 Å². The number of anilines is 1. The molecule has 0 radical (unpaired) electrons. The van der Waals surface area contributed by atoms with Gasteiger partial charge in [-0.25, -0.2) is 14.0 Å². The molecule has 2 unspecified atom stereocenters. The van der Waals surface area contributed by atoms with E-state index in [0.29, 0.717) is 24.1 Å². The molecule has 1 aromatic carbocycles. The first-order chi connectivity index (χ1) is 9.95. The molecular formula is C14H17FN2O4. The third-order valence-corrected chi connectivity index (χ3v) is 3.29. The Hall–Kier alpha value is -2.15. The number of rotatable bonds is 4. The first kappa shape index (κ1) is 15.2. The molecule has 1 saturated heterocycles. The smallest absolute Gasteiger partial charge is 0.332 e. The van der Waals surface area contributed by atoms with Crippen molar-refractivity contribution in [3.05, 3.63) is 29.6 Å². The molecule has 1 aliphatic rings. The molecule has 2 rings (SSSR count). The van der Waals surface area contributed by atoms with Gasteiger partial charge >= 0.3 is 12.0 Å². The van der Waals surface area contributed by atoms with Gasteiger partial charge in [-0.15, -0.1) is 0 Å². The number of benzene rings is 1. The van der Waals surface area contributed by atoms with Crippen LogP contribution in [-0.4, -0.2) is 35.9 Å². The monoisotopic (exact) mass is 296 g/mol. The van der Waals surface area contributed by atoms with Crippen LogP contribution in [0.5, 0.6) is 0 Å². The van der Waals surface area contributed by atoms with Crippen molar-refractivity contribution in [1.82, 2.24) is 5.32 Å². The van der Waals surface area contributed by atoms with Gasteiger partial charge in [0.25, 0.3) is 0 Å². The molecule has 1 heterocycles. The van der Waals surface area contributed by atoms with Crippen LogP contribution in [0.15, 0.2) is 18.2 Å². The molecule has 0 bridgehead atoms. The number of hydrogen-bond acceptors (Lipinski definition) is 3. The summed E-state index contributed by atoms with van der Waals surface area (Å²) >= 11 is 0. The Bertz CT molecular complexity index is 550. The zero-order valence-electron chi connectivity index (χ0n) is 11.6. The second-order valence-corrected chi connectivity index (χ2v) is 4.96. The van der Waals surface area contributed by atoms with Crippen molar-refractivity contribution in [3.8, 4) is 0 Å². The second-order valence-electron chi connectivity index (χ2n) is 4.96. The van der Waals surface area contributed by atoms with Crippen molar-refractivity contribution in [2.45, 2.75) is 32.0 Å². The van der Waals surface area contributed by atoms with Gasteiger partial charge in [0.2, 0.25) is 0 Å². The summed E-state index contributed by atoms with van der Waals surface area (Å²) in [5, 5.41) is 14.0. The van der Waals surface area contributed by atoms with Gasteiger partial charge in [-0.3, -0.25) is 0 Å². The highest BCUT2D eigenvalue weighted by atomic mass is 19.1. The lowest BCUT2D eigenvalue weighted by atomic mass is 10.2. The van der Waals surface area contributed by atoms with Crippen molar-refractivity contribution >= 4 is 17.7 Å². The topological polar surface area (TPSA) is 87.7 Å². The van der Waals surface area contributed by atoms with Gasteiger partial charge in [0, 0.05) is 12.2 Å². The quantitative estimate of drug-likeness (QED) is 0.791. The molecule has 7 heteroatoms. The number of carboxylic acids is 1. The Balaban J connectivity index is 1.77. The van der Waals surface area contributed by atoms with Crippen molar-refractivity contribution in [1.29, 1.82) is 0 Å². The number of carboxylic acid groups (broad SMARTS) is 1.